The molecule has 1 aromatic carbocycles. The molecule has 1 aliphatic rings. The number of nitrogens with two attached hydrogens (primary N) is 1. The molecule has 0 radical (unpaired) electrons. The average Bonchev–Trinajstić information content (AvgIpc) is 2.68. The lowest BCUT2D eigenvalue weighted by Gasteiger charge is -2.25. The summed E-state index contributed by atoms with van der Waals surface area (Å²) in [6.45, 7) is 4.56. The molecule has 2 rings (SSSR count). The molecule has 2 unspecified atom stereocenters. The van der Waals surface area contributed by atoms with Crippen molar-refractivity contribution in [3.05, 3.63) is 35.9 Å². The van der Waals surface area contributed by atoms with Crippen LogP contribution in [0.1, 0.15) is 25.3 Å². The van der Waals surface area contributed by atoms with E-state index in [0.717, 1.165) is 19.4 Å². The van der Waals surface area contributed by atoms with Crippen molar-refractivity contribution >= 4 is 0 Å². The van der Waals surface area contributed by atoms with Crippen LogP contribution in [-0.2, 0) is 6.42 Å². The van der Waals surface area contributed by atoms with Crippen LogP contribution in [0.3, 0.4) is 0 Å². The van der Waals surface area contributed by atoms with E-state index in [1.165, 1.54) is 18.5 Å². The van der Waals surface area contributed by atoms with Crippen LogP contribution in [0.2, 0.25) is 0 Å². The minimum Gasteiger partial charge on any atom is -0.326 e. The van der Waals surface area contributed by atoms with E-state index in [0.29, 0.717) is 12.1 Å². The Hall–Kier alpha value is -0.860. The predicted molar refractivity (Wildman–Crippen MR) is 68.4 cm³/mol. The molecule has 1 fully saturated rings. The zero-order valence-corrected chi connectivity index (χ0v) is 10.1. The minimum absolute atomic E-state index is 0.390. The molecule has 1 aliphatic heterocycles. The van der Waals surface area contributed by atoms with Gasteiger partial charge in [0.25, 0.3) is 0 Å². The second-order valence-electron chi connectivity index (χ2n) is 4.70. The Labute approximate surface area is 98.4 Å². The highest BCUT2D eigenvalue weighted by atomic mass is 15.2. The quantitative estimate of drug-likeness (QED) is 0.838. The minimum atomic E-state index is 0.390. The molecule has 0 amide bonds. The van der Waals surface area contributed by atoms with E-state index < -0.39 is 0 Å². The molecular formula is C14H22N2. The van der Waals surface area contributed by atoms with Crippen molar-refractivity contribution in [1.29, 1.82) is 0 Å². The molecule has 1 heterocycles. The number of likely N-dealkylation sites (tertiary alicyclic amines) is 1. The van der Waals surface area contributed by atoms with Crippen LogP contribution in [0.5, 0.6) is 0 Å². The monoisotopic (exact) mass is 218 g/mol. The Morgan fingerprint density at radius 2 is 2.06 bits per heavy atom. The van der Waals surface area contributed by atoms with Gasteiger partial charge in [0.2, 0.25) is 0 Å². The van der Waals surface area contributed by atoms with E-state index in [1.54, 1.807) is 0 Å². The van der Waals surface area contributed by atoms with Crippen LogP contribution < -0.4 is 5.73 Å². The number of nitrogens with zero attached hydrogens (tertiary/aromatic N) is 1. The lowest BCUT2D eigenvalue weighted by atomic mass is 10.1. The maximum absolute atomic E-state index is 6.11. The summed E-state index contributed by atoms with van der Waals surface area (Å²) in [5, 5.41) is 0. The van der Waals surface area contributed by atoms with Crippen LogP contribution in [0.15, 0.2) is 30.3 Å². The van der Waals surface area contributed by atoms with Crippen molar-refractivity contribution < 1.29 is 0 Å². The molecule has 0 saturated carbocycles. The number of hydrogen-bond acceptors (Lipinski definition) is 2. The van der Waals surface area contributed by atoms with Gasteiger partial charge in [-0.3, -0.25) is 4.90 Å². The molecule has 2 nitrogen and oxygen atoms in total. The van der Waals surface area contributed by atoms with Gasteiger partial charge in [-0.15, -0.1) is 0 Å². The lowest BCUT2D eigenvalue weighted by molar-refractivity contribution is 0.242. The molecule has 0 bridgehead atoms. The normalized spacial score (nSPS) is 26.1. The topological polar surface area (TPSA) is 29.3 Å². The molecule has 0 aliphatic carbocycles. The molecule has 2 atom stereocenters. The Kier molecular flexibility index (Phi) is 3.97. The largest absolute Gasteiger partial charge is 0.326 e. The van der Waals surface area contributed by atoms with E-state index in [9.17, 15) is 0 Å². The van der Waals surface area contributed by atoms with Gasteiger partial charge in [0.1, 0.15) is 0 Å². The van der Waals surface area contributed by atoms with Crippen LogP contribution in [0, 0.1) is 0 Å². The maximum Gasteiger partial charge on any atom is 0.0245 e. The zero-order valence-electron chi connectivity index (χ0n) is 10.1. The Bertz CT molecular complexity index is 310. The van der Waals surface area contributed by atoms with Gasteiger partial charge in [-0.1, -0.05) is 37.3 Å². The van der Waals surface area contributed by atoms with E-state index >= 15 is 0 Å². The highest BCUT2D eigenvalue weighted by molar-refractivity contribution is 5.15. The molecule has 1 saturated heterocycles. The van der Waals surface area contributed by atoms with Gasteiger partial charge >= 0.3 is 0 Å². The van der Waals surface area contributed by atoms with Crippen LogP contribution in [0.25, 0.3) is 0 Å². The van der Waals surface area contributed by atoms with E-state index in [-0.39, 0.29) is 0 Å². The van der Waals surface area contributed by atoms with Gasteiger partial charge in [0.05, 0.1) is 0 Å². The summed E-state index contributed by atoms with van der Waals surface area (Å²) >= 11 is 0. The molecular weight excluding hydrogens is 196 g/mol. The van der Waals surface area contributed by atoms with Crippen molar-refractivity contribution in [2.24, 2.45) is 5.73 Å². The third-order valence-electron chi connectivity index (χ3n) is 3.66. The molecule has 0 aromatic heterocycles. The second kappa shape index (κ2) is 5.46. The zero-order chi connectivity index (χ0) is 11.4. The first-order chi connectivity index (χ1) is 7.81. The Balaban J connectivity index is 1.86. The third kappa shape index (κ3) is 2.63. The van der Waals surface area contributed by atoms with Crippen molar-refractivity contribution in [2.75, 3.05) is 13.1 Å². The lowest BCUT2D eigenvalue weighted by Crippen LogP contribution is -2.39. The fourth-order valence-electron chi connectivity index (χ4n) is 2.70. The number of hydrogen-bond donors (Lipinski definition) is 1. The van der Waals surface area contributed by atoms with Crippen LogP contribution in [0.4, 0.5) is 0 Å². The molecule has 88 valence electrons. The predicted octanol–water partition coefficient (Wildman–Crippen LogP) is 2.04. The second-order valence-corrected chi connectivity index (χ2v) is 4.70. The van der Waals surface area contributed by atoms with Crippen LogP contribution >= 0.6 is 0 Å². The maximum atomic E-state index is 6.11. The molecule has 2 heteroatoms. The third-order valence-corrected chi connectivity index (χ3v) is 3.66. The molecule has 2 N–H and O–H groups in total. The van der Waals surface area contributed by atoms with Crippen molar-refractivity contribution in [1.82, 2.24) is 4.90 Å². The van der Waals surface area contributed by atoms with E-state index in [4.69, 9.17) is 5.73 Å². The van der Waals surface area contributed by atoms with Gasteiger partial charge in [0, 0.05) is 25.2 Å². The highest BCUT2D eigenvalue weighted by Crippen LogP contribution is 2.19. The smallest absolute Gasteiger partial charge is 0.0245 e. The standard InChI is InChI=1S/C14H22N2/c1-2-14-13(15)9-11-16(14)10-8-12-6-4-3-5-7-12/h3-7,13-14H,2,8-11,15H2,1H3. The first-order valence-electron chi connectivity index (χ1n) is 6.35. The first-order valence-corrected chi connectivity index (χ1v) is 6.35. The van der Waals surface area contributed by atoms with Crippen molar-refractivity contribution in [3.8, 4) is 0 Å². The van der Waals surface area contributed by atoms with Crippen molar-refractivity contribution in [3.63, 3.8) is 0 Å². The molecule has 0 spiro atoms. The SMILES string of the molecule is CCC1C(N)CCN1CCc1ccccc1. The van der Waals surface area contributed by atoms with Gasteiger partial charge in [-0.05, 0) is 24.8 Å². The van der Waals surface area contributed by atoms with Gasteiger partial charge in [-0.2, -0.15) is 0 Å². The summed E-state index contributed by atoms with van der Waals surface area (Å²) < 4.78 is 0. The summed E-state index contributed by atoms with van der Waals surface area (Å²) in [7, 11) is 0. The fourth-order valence-corrected chi connectivity index (χ4v) is 2.70. The van der Waals surface area contributed by atoms with E-state index in [1.807, 2.05) is 0 Å². The van der Waals surface area contributed by atoms with Gasteiger partial charge in [-0.25, -0.2) is 0 Å². The van der Waals surface area contributed by atoms with Crippen LogP contribution in [-0.4, -0.2) is 30.1 Å². The summed E-state index contributed by atoms with van der Waals surface area (Å²) in [6.07, 6.45) is 3.48. The van der Waals surface area contributed by atoms with Gasteiger partial charge in [0.15, 0.2) is 0 Å². The fraction of sp³-hybridized carbons (Fsp3) is 0.571. The van der Waals surface area contributed by atoms with Gasteiger partial charge < -0.3 is 5.73 Å². The number of benzene rings is 1. The Morgan fingerprint density at radius 3 is 2.75 bits per heavy atom. The number of rotatable bonds is 4. The summed E-state index contributed by atoms with van der Waals surface area (Å²) in [4.78, 5) is 2.55. The average molecular weight is 218 g/mol. The van der Waals surface area contributed by atoms with E-state index in [2.05, 4.69) is 42.2 Å². The highest BCUT2D eigenvalue weighted by Gasteiger charge is 2.29. The first kappa shape index (κ1) is 11.6. The summed E-state index contributed by atoms with van der Waals surface area (Å²) in [5.41, 5.74) is 7.54. The molecule has 16 heavy (non-hydrogen) atoms. The Morgan fingerprint density at radius 1 is 1.31 bits per heavy atom. The molecule has 1 aromatic rings. The summed E-state index contributed by atoms with van der Waals surface area (Å²) in [5.74, 6) is 0. The summed E-state index contributed by atoms with van der Waals surface area (Å²) in [6, 6.07) is 11.7. The van der Waals surface area contributed by atoms with Crippen molar-refractivity contribution in [2.45, 2.75) is 38.3 Å².